The van der Waals surface area contributed by atoms with Gasteiger partial charge in [-0.25, -0.2) is 4.79 Å². The number of aromatic hydroxyl groups is 1. The van der Waals surface area contributed by atoms with E-state index in [2.05, 4.69) is 22.2 Å². The standard InChI is InChI=1S/C25H31Cl2N3O5.4ClH/c1-3-34-25(33)20(15-17-7-5-4-6-8-17)28-24(32)18-16-19(26)23(21(27)22(18)31)35-14-13-30-11-9-29(2)10-12-30;;;;/h4-8,16,20,31H,3,9-15H2,1-2H3,(H,28,32);4*1H. The number of amides is 1. The van der Waals surface area contributed by atoms with Crippen molar-refractivity contribution in [2.45, 2.75) is 19.4 Å². The summed E-state index contributed by atoms with van der Waals surface area (Å²) in [6.45, 7) is 6.73. The molecule has 0 spiro atoms. The van der Waals surface area contributed by atoms with E-state index in [0.29, 0.717) is 13.2 Å². The zero-order chi connectivity index (χ0) is 25.4. The van der Waals surface area contributed by atoms with Crippen LogP contribution in [0.4, 0.5) is 0 Å². The number of phenolic OH excluding ortho intramolecular Hbond substituents is 1. The highest BCUT2D eigenvalue weighted by Gasteiger charge is 2.27. The summed E-state index contributed by atoms with van der Waals surface area (Å²) in [6.07, 6.45) is 0.223. The van der Waals surface area contributed by atoms with Crippen LogP contribution in [0.2, 0.25) is 10.0 Å². The van der Waals surface area contributed by atoms with Gasteiger partial charge in [-0.05, 0) is 25.6 Å². The number of esters is 1. The molecule has 1 amide bonds. The van der Waals surface area contributed by atoms with Gasteiger partial charge in [0.15, 0.2) is 11.5 Å². The molecule has 1 heterocycles. The smallest absolute Gasteiger partial charge is 0.328 e. The van der Waals surface area contributed by atoms with Crippen molar-refractivity contribution in [2.75, 3.05) is 53.0 Å². The lowest BCUT2D eigenvalue weighted by atomic mass is 10.1. The van der Waals surface area contributed by atoms with Crippen LogP contribution >= 0.6 is 72.8 Å². The van der Waals surface area contributed by atoms with Crippen molar-refractivity contribution in [1.29, 1.82) is 0 Å². The summed E-state index contributed by atoms with van der Waals surface area (Å²) >= 11 is 12.7. The maximum Gasteiger partial charge on any atom is 0.328 e. The first-order valence-electron chi connectivity index (χ1n) is 11.6. The SMILES string of the molecule is CCOC(=O)C(Cc1ccccc1)NC(=O)c1cc(Cl)c(OCCN2CCN(C)CC2)c(Cl)c1O.Cl.Cl.Cl.Cl. The molecule has 1 unspecified atom stereocenters. The molecule has 1 atom stereocenters. The molecule has 0 bridgehead atoms. The minimum absolute atomic E-state index is 0. The van der Waals surface area contributed by atoms with E-state index >= 15 is 0 Å². The Morgan fingerprint density at radius 3 is 2.26 bits per heavy atom. The number of halogens is 6. The number of benzene rings is 2. The van der Waals surface area contributed by atoms with Crippen molar-refractivity contribution in [3.63, 3.8) is 0 Å². The van der Waals surface area contributed by atoms with Crippen LogP contribution in [0.1, 0.15) is 22.8 Å². The monoisotopic (exact) mass is 667 g/mol. The summed E-state index contributed by atoms with van der Waals surface area (Å²) in [4.78, 5) is 30.0. The molecule has 2 N–H and O–H groups in total. The summed E-state index contributed by atoms with van der Waals surface area (Å²) in [5.41, 5.74) is 0.684. The lowest BCUT2D eigenvalue weighted by Crippen LogP contribution is -2.45. The number of rotatable bonds is 10. The van der Waals surface area contributed by atoms with Crippen molar-refractivity contribution in [3.8, 4) is 11.5 Å². The normalized spacial score (nSPS) is 13.8. The molecule has 39 heavy (non-hydrogen) atoms. The molecular formula is C25H35Cl6N3O5. The van der Waals surface area contributed by atoms with Gasteiger partial charge >= 0.3 is 5.97 Å². The van der Waals surface area contributed by atoms with Gasteiger partial charge in [0.1, 0.15) is 17.7 Å². The quantitative estimate of drug-likeness (QED) is 0.347. The first-order chi connectivity index (χ1) is 16.8. The van der Waals surface area contributed by atoms with Gasteiger partial charge in [0.25, 0.3) is 5.91 Å². The summed E-state index contributed by atoms with van der Waals surface area (Å²) in [5.74, 6) is -1.64. The number of piperazine rings is 1. The topological polar surface area (TPSA) is 91.3 Å². The molecule has 1 aliphatic rings. The summed E-state index contributed by atoms with van der Waals surface area (Å²) in [7, 11) is 2.09. The number of carbonyl (C=O) groups excluding carboxylic acids is 2. The van der Waals surface area contributed by atoms with Crippen LogP contribution in [0.5, 0.6) is 11.5 Å². The molecule has 14 heteroatoms. The fourth-order valence-electron chi connectivity index (χ4n) is 3.77. The van der Waals surface area contributed by atoms with Crippen LogP contribution in [0, 0.1) is 0 Å². The molecule has 3 rings (SSSR count). The maximum absolute atomic E-state index is 13.0. The van der Waals surface area contributed by atoms with Gasteiger partial charge in [-0.3, -0.25) is 9.69 Å². The van der Waals surface area contributed by atoms with Crippen molar-refractivity contribution >= 4 is 84.7 Å². The van der Waals surface area contributed by atoms with Gasteiger partial charge in [0.05, 0.1) is 17.2 Å². The number of hydrogen-bond donors (Lipinski definition) is 2. The predicted molar refractivity (Wildman–Crippen MR) is 165 cm³/mol. The summed E-state index contributed by atoms with van der Waals surface area (Å²) in [5, 5.41) is 13.2. The largest absolute Gasteiger partial charge is 0.505 e. The van der Waals surface area contributed by atoms with Gasteiger partial charge in [-0.2, -0.15) is 0 Å². The summed E-state index contributed by atoms with van der Waals surface area (Å²) < 4.78 is 10.9. The molecule has 0 saturated carbocycles. The van der Waals surface area contributed by atoms with Crippen molar-refractivity contribution < 1.29 is 24.2 Å². The zero-order valence-corrected chi connectivity index (χ0v) is 26.3. The number of carbonyl (C=O) groups is 2. The first kappa shape index (κ1) is 39.8. The molecule has 0 radical (unpaired) electrons. The average Bonchev–Trinajstić information content (AvgIpc) is 2.85. The van der Waals surface area contributed by atoms with Crippen LogP contribution in [0.3, 0.4) is 0 Å². The third-order valence-electron chi connectivity index (χ3n) is 5.80. The van der Waals surface area contributed by atoms with E-state index in [1.54, 1.807) is 6.92 Å². The second-order valence-electron chi connectivity index (χ2n) is 8.36. The molecule has 0 aromatic heterocycles. The van der Waals surface area contributed by atoms with Gasteiger partial charge < -0.3 is 24.8 Å². The highest BCUT2D eigenvalue weighted by atomic mass is 35.5. The van der Waals surface area contributed by atoms with E-state index in [1.165, 1.54) is 6.07 Å². The molecule has 1 saturated heterocycles. The van der Waals surface area contributed by atoms with Gasteiger partial charge in [-0.15, -0.1) is 49.6 Å². The number of ether oxygens (including phenoxy) is 2. The molecule has 2 aromatic rings. The van der Waals surface area contributed by atoms with Crippen LogP contribution < -0.4 is 10.1 Å². The Morgan fingerprint density at radius 2 is 1.67 bits per heavy atom. The zero-order valence-electron chi connectivity index (χ0n) is 21.6. The lowest BCUT2D eigenvalue weighted by Gasteiger charge is -2.32. The Hall–Kier alpha value is -1.36. The van der Waals surface area contributed by atoms with Crippen LogP contribution in [-0.2, 0) is 16.0 Å². The lowest BCUT2D eigenvalue weighted by molar-refractivity contribution is -0.145. The van der Waals surface area contributed by atoms with Crippen LogP contribution in [0.25, 0.3) is 0 Å². The molecule has 1 aliphatic heterocycles. The fourth-order valence-corrected chi connectivity index (χ4v) is 4.33. The van der Waals surface area contributed by atoms with Crippen LogP contribution in [-0.4, -0.2) is 85.8 Å². The Labute approximate surface area is 264 Å². The third kappa shape index (κ3) is 11.6. The Balaban J connectivity index is 0. The number of phenols is 1. The van der Waals surface area contributed by atoms with Gasteiger partial charge in [0, 0.05) is 39.1 Å². The molecule has 2 aromatic carbocycles. The predicted octanol–water partition coefficient (Wildman–Crippen LogP) is 4.92. The number of likely N-dealkylation sites (N-methyl/N-ethyl adjacent to an activating group) is 1. The molecule has 8 nitrogen and oxygen atoms in total. The Morgan fingerprint density at radius 1 is 1.05 bits per heavy atom. The number of nitrogens with zero attached hydrogens (tertiary/aromatic N) is 2. The Bertz CT molecular complexity index is 1030. The van der Waals surface area contributed by atoms with Gasteiger partial charge in [0.2, 0.25) is 0 Å². The minimum atomic E-state index is -0.957. The van der Waals surface area contributed by atoms with E-state index in [0.717, 1.165) is 31.7 Å². The Kier molecular flexibility index (Phi) is 20.1. The molecule has 0 aliphatic carbocycles. The van der Waals surface area contributed by atoms with Crippen LogP contribution in [0.15, 0.2) is 36.4 Å². The van der Waals surface area contributed by atoms with E-state index in [4.69, 9.17) is 32.7 Å². The molecule has 222 valence electrons. The fraction of sp³-hybridized carbons (Fsp3) is 0.440. The van der Waals surface area contributed by atoms with E-state index in [1.807, 2.05) is 30.3 Å². The minimum Gasteiger partial charge on any atom is -0.505 e. The highest BCUT2D eigenvalue weighted by Crippen LogP contribution is 2.42. The maximum atomic E-state index is 13.0. The van der Waals surface area contributed by atoms with E-state index in [9.17, 15) is 14.7 Å². The highest BCUT2D eigenvalue weighted by molar-refractivity contribution is 6.39. The van der Waals surface area contributed by atoms with E-state index < -0.39 is 23.7 Å². The molecule has 1 fully saturated rings. The first-order valence-corrected chi connectivity index (χ1v) is 12.3. The average molecular weight is 670 g/mol. The molecular weight excluding hydrogens is 635 g/mol. The van der Waals surface area contributed by atoms with Crippen molar-refractivity contribution in [2.24, 2.45) is 0 Å². The van der Waals surface area contributed by atoms with E-state index in [-0.39, 0.29) is 84.0 Å². The third-order valence-corrected chi connectivity index (χ3v) is 6.44. The van der Waals surface area contributed by atoms with Gasteiger partial charge in [-0.1, -0.05) is 53.5 Å². The van der Waals surface area contributed by atoms with Crippen molar-refractivity contribution in [3.05, 3.63) is 57.6 Å². The second kappa shape index (κ2) is 19.7. The van der Waals surface area contributed by atoms with Crippen molar-refractivity contribution in [1.82, 2.24) is 15.1 Å². The second-order valence-corrected chi connectivity index (χ2v) is 9.14. The summed E-state index contributed by atoms with van der Waals surface area (Å²) in [6, 6.07) is 9.56. The number of hydrogen-bond acceptors (Lipinski definition) is 7. The number of nitrogens with one attached hydrogen (secondary N) is 1.